The van der Waals surface area contributed by atoms with Crippen LogP contribution in [-0.4, -0.2) is 25.2 Å². The van der Waals surface area contributed by atoms with E-state index in [9.17, 15) is 18.0 Å². The summed E-state index contributed by atoms with van der Waals surface area (Å²) in [5.74, 6) is -0.389. The molecular formula is C18H17F3N2O2. The minimum Gasteiger partial charge on any atom is -0.482 e. The summed E-state index contributed by atoms with van der Waals surface area (Å²) in [6, 6.07) is 11.5. The average molecular weight is 350 g/mol. The third-order valence-corrected chi connectivity index (χ3v) is 3.87. The molecule has 1 amide bonds. The summed E-state index contributed by atoms with van der Waals surface area (Å²) in [6.45, 7) is -0.559. The van der Waals surface area contributed by atoms with E-state index in [1.807, 2.05) is 6.07 Å². The van der Waals surface area contributed by atoms with Gasteiger partial charge in [0.1, 0.15) is 5.75 Å². The van der Waals surface area contributed by atoms with E-state index in [4.69, 9.17) is 4.74 Å². The van der Waals surface area contributed by atoms with Crippen molar-refractivity contribution in [2.45, 2.75) is 19.0 Å². The second-order valence-corrected chi connectivity index (χ2v) is 5.72. The number of alkyl halides is 3. The molecule has 0 bridgehead atoms. The number of ether oxygens (including phenoxy) is 1. The van der Waals surface area contributed by atoms with Crippen LogP contribution in [0.15, 0.2) is 42.5 Å². The van der Waals surface area contributed by atoms with Crippen LogP contribution in [-0.2, 0) is 6.42 Å². The molecule has 0 aromatic heterocycles. The van der Waals surface area contributed by atoms with Crippen molar-refractivity contribution in [2.24, 2.45) is 0 Å². The largest absolute Gasteiger partial charge is 0.482 e. The van der Waals surface area contributed by atoms with Gasteiger partial charge in [0, 0.05) is 17.8 Å². The average Bonchev–Trinajstić information content (AvgIpc) is 2.59. The van der Waals surface area contributed by atoms with E-state index in [-0.39, 0.29) is 17.3 Å². The van der Waals surface area contributed by atoms with Crippen molar-refractivity contribution in [3.63, 3.8) is 0 Å². The van der Waals surface area contributed by atoms with Crippen LogP contribution >= 0.6 is 0 Å². The SMILES string of the molecule is O=C(Nc1ccccc1OCC(F)(F)F)c1cccc2c1CCCN2. The number of fused-ring (bicyclic) bond motifs is 1. The lowest BCUT2D eigenvalue weighted by Crippen LogP contribution is -2.21. The number of benzene rings is 2. The molecule has 2 aromatic carbocycles. The molecule has 0 spiro atoms. The zero-order valence-corrected chi connectivity index (χ0v) is 13.3. The predicted octanol–water partition coefficient (Wildman–Crippen LogP) is 4.24. The molecule has 0 unspecified atom stereocenters. The second-order valence-electron chi connectivity index (χ2n) is 5.72. The molecule has 3 rings (SSSR count). The maximum atomic E-state index is 12.6. The van der Waals surface area contributed by atoms with E-state index in [1.165, 1.54) is 12.1 Å². The number of amides is 1. The standard InChI is InChI=1S/C18H17F3N2O2/c19-18(20,21)11-25-16-9-2-1-7-15(16)23-17(24)13-5-3-8-14-12(13)6-4-10-22-14/h1-3,5,7-9,22H,4,6,10-11H2,(H,23,24). The van der Waals surface area contributed by atoms with Crippen molar-refractivity contribution in [1.82, 2.24) is 0 Å². The molecule has 4 nitrogen and oxygen atoms in total. The first-order chi connectivity index (χ1) is 11.9. The Kier molecular flexibility index (Phi) is 4.83. The quantitative estimate of drug-likeness (QED) is 0.867. The fraction of sp³-hybridized carbons (Fsp3) is 0.278. The number of anilines is 2. The molecule has 0 saturated carbocycles. The Hall–Kier alpha value is -2.70. The Bertz CT molecular complexity index is 775. The van der Waals surface area contributed by atoms with E-state index in [1.54, 1.807) is 24.3 Å². The zero-order chi connectivity index (χ0) is 17.9. The van der Waals surface area contributed by atoms with Gasteiger partial charge in [0.2, 0.25) is 0 Å². The minimum atomic E-state index is -4.44. The van der Waals surface area contributed by atoms with E-state index in [2.05, 4.69) is 10.6 Å². The van der Waals surface area contributed by atoms with Gasteiger partial charge in [0.05, 0.1) is 5.69 Å². The van der Waals surface area contributed by atoms with Crippen molar-refractivity contribution >= 4 is 17.3 Å². The van der Waals surface area contributed by atoms with Crippen LogP contribution in [0, 0.1) is 0 Å². The van der Waals surface area contributed by atoms with E-state index >= 15 is 0 Å². The van der Waals surface area contributed by atoms with Crippen molar-refractivity contribution in [3.8, 4) is 5.75 Å². The summed E-state index contributed by atoms with van der Waals surface area (Å²) in [5, 5.41) is 5.89. The minimum absolute atomic E-state index is 0.0175. The number of rotatable bonds is 4. The smallest absolute Gasteiger partial charge is 0.422 e. The van der Waals surface area contributed by atoms with Gasteiger partial charge in [0.15, 0.2) is 6.61 Å². The number of para-hydroxylation sites is 2. The highest BCUT2D eigenvalue weighted by molar-refractivity contribution is 6.07. The van der Waals surface area contributed by atoms with Crippen LogP contribution in [0.2, 0.25) is 0 Å². The van der Waals surface area contributed by atoms with Crippen LogP contribution in [0.25, 0.3) is 0 Å². The van der Waals surface area contributed by atoms with Crippen molar-refractivity contribution in [2.75, 3.05) is 23.8 Å². The summed E-state index contributed by atoms with van der Waals surface area (Å²) in [4.78, 5) is 12.6. The number of nitrogens with one attached hydrogen (secondary N) is 2. The van der Waals surface area contributed by atoms with Gasteiger partial charge < -0.3 is 15.4 Å². The molecule has 0 saturated heterocycles. The zero-order valence-electron chi connectivity index (χ0n) is 13.3. The number of hydrogen-bond donors (Lipinski definition) is 2. The van der Waals surface area contributed by atoms with Crippen molar-refractivity contribution in [1.29, 1.82) is 0 Å². The summed E-state index contributed by atoms with van der Waals surface area (Å²) in [7, 11) is 0. The summed E-state index contributed by atoms with van der Waals surface area (Å²) in [5.41, 5.74) is 2.55. The van der Waals surface area contributed by atoms with Gasteiger partial charge >= 0.3 is 6.18 Å². The van der Waals surface area contributed by atoms with Gasteiger partial charge in [0.25, 0.3) is 5.91 Å². The topological polar surface area (TPSA) is 50.4 Å². The molecule has 2 aromatic rings. The predicted molar refractivity (Wildman–Crippen MR) is 89.2 cm³/mol. The Morgan fingerprint density at radius 1 is 1.16 bits per heavy atom. The van der Waals surface area contributed by atoms with Crippen LogP contribution in [0.3, 0.4) is 0 Å². The number of carbonyl (C=O) groups excluding carboxylic acids is 1. The first-order valence-electron chi connectivity index (χ1n) is 7.90. The van der Waals surface area contributed by atoms with Crippen LogP contribution < -0.4 is 15.4 Å². The molecule has 0 radical (unpaired) electrons. The monoisotopic (exact) mass is 350 g/mol. The van der Waals surface area contributed by atoms with Gasteiger partial charge in [-0.25, -0.2) is 0 Å². The lowest BCUT2D eigenvalue weighted by Gasteiger charge is -2.21. The number of hydrogen-bond acceptors (Lipinski definition) is 3. The maximum absolute atomic E-state index is 12.6. The summed E-state index contributed by atoms with van der Waals surface area (Å²) in [6.07, 6.45) is -2.75. The van der Waals surface area contributed by atoms with E-state index < -0.39 is 12.8 Å². The van der Waals surface area contributed by atoms with Crippen LogP contribution in [0.1, 0.15) is 22.3 Å². The molecule has 1 aliphatic rings. The van der Waals surface area contributed by atoms with Crippen LogP contribution in [0.4, 0.5) is 24.5 Å². The molecule has 132 valence electrons. The van der Waals surface area contributed by atoms with E-state index in [0.29, 0.717) is 5.56 Å². The first-order valence-corrected chi connectivity index (χ1v) is 7.90. The summed E-state index contributed by atoms with van der Waals surface area (Å²) < 4.78 is 41.9. The highest BCUT2D eigenvalue weighted by atomic mass is 19.4. The fourth-order valence-electron chi connectivity index (χ4n) is 2.77. The highest BCUT2D eigenvalue weighted by Crippen LogP contribution is 2.29. The molecule has 7 heteroatoms. The van der Waals surface area contributed by atoms with Gasteiger partial charge in [-0.2, -0.15) is 13.2 Å². The van der Waals surface area contributed by atoms with Gasteiger partial charge in [-0.1, -0.05) is 18.2 Å². The number of halogens is 3. The van der Waals surface area contributed by atoms with Gasteiger partial charge in [-0.15, -0.1) is 0 Å². The summed E-state index contributed by atoms with van der Waals surface area (Å²) >= 11 is 0. The Labute approximate surface area is 143 Å². The molecular weight excluding hydrogens is 333 g/mol. The Morgan fingerprint density at radius 2 is 1.96 bits per heavy atom. The third-order valence-electron chi connectivity index (χ3n) is 3.87. The van der Waals surface area contributed by atoms with Gasteiger partial charge in [-0.3, -0.25) is 4.79 Å². The van der Waals surface area contributed by atoms with Crippen LogP contribution in [0.5, 0.6) is 5.75 Å². The van der Waals surface area contributed by atoms with Crippen molar-refractivity contribution in [3.05, 3.63) is 53.6 Å². The Morgan fingerprint density at radius 3 is 2.76 bits per heavy atom. The molecule has 0 atom stereocenters. The highest BCUT2D eigenvalue weighted by Gasteiger charge is 2.29. The van der Waals surface area contributed by atoms with Crippen molar-refractivity contribution < 1.29 is 22.7 Å². The normalized spacial score (nSPS) is 13.6. The molecule has 0 aliphatic carbocycles. The molecule has 2 N–H and O–H groups in total. The lowest BCUT2D eigenvalue weighted by atomic mass is 9.97. The fourth-order valence-corrected chi connectivity index (χ4v) is 2.77. The second kappa shape index (κ2) is 7.04. The maximum Gasteiger partial charge on any atom is 0.422 e. The molecule has 1 aliphatic heterocycles. The molecule has 25 heavy (non-hydrogen) atoms. The molecule has 0 fully saturated rings. The molecule has 1 heterocycles. The first kappa shape index (κ1) is 17.1. The Balaban J connectivity index is 1.80. The van der Waals surface area contributed by atoms with E-state index in [0.717, 1.165) is 30.6 Å². The van der Waals surface area contributed by atoms with Gasteiger partial charge in [-0.05, 0) is 42.7 Å². The lowest BCUT2D eigenvalue weighted by molar-refractivity contribution is -0.153. The third kappa shape index (κ3) is 4.23. The number of carbonyl (C=O) groups is 1.